The summed E-state index contributed by atoms with van der Waals surface area (Å²) in [6, 6.07) is 8.29. The third-order valence-electron chi connectivity index (χ3n) is 2.58. The van der Waals surface area contributed by atoms with Crippen LogP contribution in [0, 0.1) is 6.92 Å². The number of nitrogens with zero attached hydrogens (tertiary/aromatic N) is 1. The van der Waals surface area contributed by atoms with E-state index in [1.165, 1.54) is 16.0 Å². The Bertz CT molecular complexity index is 508. The van der Waals surface area contributed by atoms with Crippen molar-refractivity contribution in [1.29, 1.82) is 0 Å². The lowest BCUT2D eigenvalue weighted by atomic mass is 10.1. The van der Waals surface area contributed by atoms with E-state index in [4.69, 9.17) is 4.74 Å². The summed E-state index contributed by atoms with van der Waals surface area (Å²) in [7, 11) is 1.69. The number of hydrogen-bond acceptors (Lipinski definition) is 4. The van der Waals surface area contributed by atoms with Gasteiger partial charge >= 0.3 is 0 Å². The van der Waals surface area contributed by atoms with E-state index in [-0.39, 0.29) is 0 Å². The summed E-state index contributed by atoms with van der Waals surface area (Å²) in [6.45, 7) is 2.66. The first-order valence-electron chi connectivity index (χ1n) is 5.40. The predicted molar refractivity (Wildman–Crippen MR) is 75.7 cm³/mol. The highest BCUT2D eigenvalue weighted by atomic mass is 32.1. The molecule has 4 heteroatoms. The van der Waals surface area contributed by atoms with Crippen LogP contribution in [-0.2, 0) is 17.1 Å². The Morgan fingerprint density at radius 2 is 2.12 bits per heavy atom. The highest BCUT2D eigenvalue weighted by molar-refractivity contribution is 7.79. The lowest BCUT2D eigenvalue weighted by Crippen LogP contribution is -1.91. The van der Waals surface area contributed by atoms with Crippen LogP contribution < -0.4 is 0 Å². The van der Waals surface area contributed by atoms with Crippen molar-refractivity contribution in [3.05, 3.63) is 40.4 Å². The molecule has 17 heavy (non-hydrogen) atoms. The van der Waals surface area contributed by atoms with E-state index in [1.54, 1.807) is 18.4 Å². The van der Waals surface area contributed by atoms with Gasteiger partial charge in [-0.1, -0.05) is 24.3 Å². The van der Waals surface area contributed by atoms with Gasteiger partial charge in [0.1, 0.15) is 5.01 Å². The van der Waals surface area contributed by atoms with Crippen LogP contribution in [0.15, 0.2) is 24.3 Å². The summed E-state index contributed by atoms with van der Waals surface area (Å²) in [6.07, 6.45) is 0. The van der Waals surface area contributed by atoms with Crippen molar-refractivity contribution in [2.45, 2.75) is 19.3 Å². The maximum atomic E-state index is 5.16. The van der Waals surface area contributed by atoms with Gasteiger partial charge in [-0.15, -0.1) is 11.3 Å². The SMILES string of the molecule is COCc1nc(-c2ccccc2C)sc1CS. The molecule has 2 nitrogen and oxygen atoms in total. The van der Waals surface area contributed by atoms with E-state index in [9.17, 15) is 0 Å². The van der Waals surface area contributed by atoms with Crippen LogP contribution in [0.4, 0.5) is 0 Å². The molecule has 1 aromatic heterocycles. The van der Waals surface area contributed by atoms with Crippen molar-refractivity contribution in [3.8, 4) is 10.6 Å². The fourth-order valence-corrected chi connectivity index (χ4v) is 3.08. The first-order chi connectivity index (χ1) is 8.26. The molecule has 0 atom stereocenters. The third kappa shape index (κ3) is 2.70. The fraction of sp³-hybridized carbons (Fsp3) is 0.308. The van der Waals surface area contributed by atoms with E-state index in [0.29, 0.717) is 12.4 Å². The molecule has 0 bridgehead atoms. The Hall–Kier alpha value is -0.840. The molecule has 0 radical (unpaired) electrons. The number of thiol groups is 1. The molecule has 0 amide bonds. The van der Waals surface area contributed by atoms with Crippen LogP contribution in [0.1, 0.15) is 16.1 Å². The van der Waals surface area contributed by atoms with E-state index in [1.807, 2.05) is 12.1 Å². The Morgan fingerprint density at radius 3 is 2.76 bits per heavy atom. The Labute approximate surface area is 111 Å². The van der Waals surface area contributed by atoms with Crippen molar-refractivity contribution in [2.24, 2.45) is 0 Å². The lowest BCUT2D eigenvalue weighted by Gasteiger charge is -2.00. The quantitative estimate of drug-likeness (QED) is 0.852. The number of thiazole rings is 1. The summed E-state index contributed by atoms with van der Waals surface area (Å²) in [4.78, 5) is 5.83. The van der Waals surface area contributed by atoms with Crippen molar-refractivity contribution in [1.82, 2.24) is 4.98 Å². The standard InChI is InChI=1S/C13H15NOS2/c1-9-5-3-4-6-10(9)13-14-11(7-15-2)12(8-16)17-13/h3-6,16H,7-8H2,1-2H3. The van der Waals surface area contributed by atoms with Gasteiger partial charge in [-0.2, -0.15) is 12.6 Å². The second kappa shape index (κ2) is 5.67. The maximum Gasteiger partial charge on any atom is 0.124 e. The van der Waals surface area contributed by atoms with Gasteiger partial charge in [0.2, 0.25) is 0 Å². The lowest BCUT2D eigenvalue weighted by molar-refractivity contribution is 0.181. The Morgan fingerprint density at radius 1 is 1.35 bits per heavy atom. The van der Waals surface area contributed by atoms with E-state index < -0.39 is 0 Å². The number of aryl methyl sites for hydroxylation is 1. The van der Waals surface area contributed by atoms with Gasteiger partial charge in [0.15, 0.2) is 0 Å². The summed E-state index contributed by atoms with van der Waals surface area (Å²) in [5.74, 6) is 0.711. The van der Waals surface area contributed by atoms with Gasteiger partial charge < -0.3 is 4.74 Å². The van der Waals surface area contributed by atoms with Gasteiger partial charge in [-0.05, 0) is 12.5 Å². The summed E-state index contributed by atoms with van der Waals surface area (Å²) < 4.78 is 5.16. The van der Waals surface area contributed by atoms with Crippen LogP contribution in [0.5, 0.6) is 0 Å². The molecule has 0 fully saturated rings. The maximum absolute atomic E-state index is 5.16. The number of aromatic nitrogens is 1. The molecule has 90 valence electrons. The number of benzene rings is 1. The molecule has 1 aromatic carbocycles. The smallest absolute Gasteiger partial charge is 0.124 e. The van der Waals surface area contributed by atoms with Crippen LogP contribution in [0.25, 0.3) is 10.6 Å². The van der Waals surface area contributed by atoms with Crippen LogP contribution >= 0.6 is 24.0 Å². The average molecular weight is 265 g/mol. The highest BCUT2D eigenvalue weighted by Gasteiger charge is 2.12. The van der Waals surface area contributed by atoms with Gasteiger partial charge in [-0.3, -0.25) is 0 Å². The molecule has 0 aliphatic heterocycles. The van der Waals surface area contributed by atoms with Crippen LogP contribution in [0.3, 0.4) is 0 Å². The molecule has 0 saturated heterocycles. The molecule has 0 unspecified atom stereocenters. The van der Waals surface area contributed by atoms with Crippen molar-refractivity contribution < 1.29 is 4.74 Å². The Balaban J connectivity index is 2.43. The zero-order valence-electron chi connectivity index (χ0n) is 9.93. The minimum absolute atomic E-state index is 0.554. The molecule has 0 aliphatic carbocycles. The highest BCUT2D eigenvalue weighted by Crippen LogP contribution is 2.31. The zero-order valence-corrected chi connectivity index (χ0v) is 11.6. The molecule has 0 saturated carbocycles. The fourth-order valence-electron chi connectivity index (χ4n) is 1.68. The van der Waals surface area contributed by atoms with Gasteiger partial charge in [0, 0.05) is 23.3 Å². The average Bonchev–Trinajstić information content (AvgIpc) is 2.73. The van der Waals surface area contributed by atoms with Gasteiger partial charge in [-0.25, -0.2) is 4.98 Å². The monoisotopic (exact) mass is 265 g/mol. The van der Waals surface area contributed by atoms with Crippen molar-refractivity contribution >= 4 is 24.0 Å². The molecule has 0 spiro atoms. The summed E-state index contributed by atoms with van der Waals surface area (Å²) in [5, 5.41) is 1.05. The molecule has 2 aromatic rings. The number of ether oxygens (including phenoxy) is 1. The second-order valence-electron chi connectivity index (χ2n) is 3.79. The first-order valence-corrected chi connectivity index (χ1v) is 6.85. The zero-order chi connectivity index (χ0) is 12.3. The topological polar surface area (TPSA) is 22.1 Å². The molecular weight excluding hydrogens is 250 g/mol. The largest absolute Gasteiger partial charge is 0.378 e. The first kappa shape index (κ1) is 12.6. The summed E-state index contributed by atoms with van der Waals surface area (Å²) in [5.41, 5.74) is 3.45. The van der Waals surface area contributed by atoms with Gasteiger partial charge in [0.25, 0.3) is 0 Å². The van der Waals surface area contributed by atoms with Gasteiger partial charge in [0.05, 0.1) is 12.3 Å². The minimum Gasteiger partial charge on any atom is -0.378 e. The van der Waals surface area contributed by atoms with Crippen molar-refractivity contribution in [2.75, 3.05) is 7.11 Å². The van der Waals surface area contributed by atoms with Crippen LogP contribution in [-0.4, -0.2) is 12.1 Å². The second-order valence-corrected chi connectivity index (χ2v) is 5.19. The third-order valence-corrected chi connectivity index (χ3v) is 4.24. The molecule has 0 N–H and O–H groups in total. The van der Waals surface area contributed by atoms with E-state index >= 15 is 0 Å². The van der Waals surface area contributed by atoms with E-state index in [2.05, 4.69) is 36.7 Å². The normalized spacial score (nSPS) is 10.8. The van der Waals surface area contributed by atoms with Crippen molar-refractivity contribution in [3.63, 3.8) is 0 Å². The van der Waals surface area contributed by atoms with Crippen LogP contribution in [0.2, 0.25) is 0 Å². The number of rotatable bonds is 4. The molecule has 1 heterocycles. The Kier molecular flexibility index (Phi) is 4.20. The predicted octanol–water partition coefficient (Wildman–Crippen LogP) is 3.69. The summed E-state index contributed by atoms with van der Waals surface area (Å²) >= 11 is 6.04. The minimum atomic E-state index is 0.554. The van der Waals surface area contributed by atoms with E-state index in [0.717, 1.165) is 10.7 Å². The number of methoxy groups -OCH3 is 1. The molecular formula is C13H15NOS2. The number of hydrogen-bond donors (Lipinski definition) is 1. The molecule has 2 rings (SSSR count). The molecule has 0 aliphatic rings.